The molecule has 176 valence electrons. The molecule has 6 nitrogen and oxygen atoms in total. The molecule has 3 rings (SSSR count). The Labute approximate surface area is 186 Å². The highest BCUT2D eigenvalue weighted by molar-refractivity contribution is 5.68. The number of anilines is 3. The number of aliphatic hydroxyl groups is 1. The molecule has 0 fully saturated rings. The molecule has 11 heteroatoms. The maximum Gasteiger partial charge on any atom is 0.573 e. The molecule has 0 bridgehead atoms. The van der Waals surface area contributed by atoms with Gasteiger partial charge in [0.15, 0.2) is 0 Å². The smallest absolute Gasteiger partial charge is 0.406 e. The van der Waals surface area contributed by atoms with Gasteiger partial charge in [0.1, 0.15) is 28.9 Å². The topological polar surface area (TPSA) is 79.3 Å². The molecule has 0 saturated carbocycles. The first-order chi connectivity index (χ1) is 15.6. The molecule has 0 spiro atoms. The Kier molecular flexibility index (Phi) is 7.32. The second kappa shape index (κ2) is 9.99. The van der Waals surface area contributed by atoms with E-state index in [1.807, 2.05) is 13.8 Å². The minimum absolute atomic E-state index is 0.00152. The number of nitrogens with zero attached hydrogens (tertiary/aromatic N) is 2. The van der Waals surface area contributed by atoms with Crippen molar-refractivity contribution in [3.05, 3.63) is 60.2 Å². The lowest BCUT2D eigenvalue weighted by molar-refractivity contribution is -0.274. The predicted octanol–water partition coefficient (Wildman–Crippen LogP) is 5.49. The normalized spacial score (nSPS) is 12.5. The van der Waals surface area contributed by atoms with Gasteiger partial charge in [-0.05, 0) is 30.2 Å². The Hall–Kier alpha value is -3.47. The third-order valence-electron chi connectivity index (χ3n) is 4.62. The zero-order valence-electron chi connectivity index (χ0n) is 17.6. The molecular formula is C22H21F5N4O2. The number of hydrogen-bond donors (Lipinski definition) is 3. The third kappa shape index (κ3) is 6.51. The molecule has 0 aliphatic carbocycles. The van der Waals surface area contributed by atoms with Crippen LogP contribution in [0.4, 0.5) is 39.4 Å². The van der Waals surface area contributed by atoms with Crippen molar-refractivity contribution in [3.63, 3.8) is 0 Å². The van der Waals surface area contributed by atoms with Gasteiger partial charge < -0.3 is 20.5 Å². The Morgan fingerprint density at radius 1 is 1.00 bits per heavy atom. The van der Waals surface area contributed by atoms with Crippen LogP contribution in [0.5, 0.6) is 5.75 Å². The minimum atomic E-state index is -4.88. The van der Waals surface area contributed by atoms with Crippen LogP contribution in [0.2, 0.25) is 0 Å². The Bertz CT molecular complexity index is 1090. The molecule has 3 aromatic rings. The number of ether oxygens (including phenoxy) is 1. The SMILES string of the molecule is CC(C)[C@@H](CO)Nc1nc(Nc2c(F)cccc2F)cc(-c2cccc(OC(F)(F)F)c2)n1. The lowest BCUT2D eigenvalue weighted by Crippen LogP contribution is -2.30. The molecule has 0 amide bonds. The van der Waals surface area contributed by atoms with Gasteiger partial charge in [0.25, 0.3) is 0 Å². The van der Waals surface area contributed by atoms with Crippen LogP contribution in [-0.2, 0) is 0 Å². The number of aromatic nitrogens is 2. The van der Waals surface area contributed by atoms with Crippen LogP contribution in [0.1, 0.15) is 13.8 Å². The fraction of sp³-hybridized carbons (Fsp3) is 0.273. The first kappa shape index (κ1) is 24.2. The van der Waals surface area contributed by atoms with E-state index < -0.39 is 35.5 Å². The van der Waals surface area contributed by atoms with Gasteiger partial charge in [-0.1, -0.05) is 32.0 Å². The molecule has 33 heavy (non-hydrogen) atoms. The van der Waals surface area contributed by atoms with Crippen LogP contribution < -0.4 is 15.4 Å². The molecule has 1 heterocycles. The third-order valence-corrected chi connectivity index (χ3v) is 4.62. The summed E-state index contributed by atoms with van der Waals surface area (Å²) in [7, 11) is 0. The van der Waals surface area contributed by atoms with Gasteiger partial charge in [-0.2, -0.15) is 4.98 Å². The second-order valence-corrected chi connectivity index (χ2v) is 7.44. The summed E-state index contributed by atoms with van der Waals surface area (Å²) in [5, 5.41) is 15.1. The molecule has 0 radical (unpaired) electrons. The number of halogens is 5. The van der Waals surface area contributed by atoms with E-state index >= 15 is 0 Å². The van der Waals surface area contributed by atoms with Gasteiger partial charge in [0.2, 0.25) is 5.95 Å². The van der Waals surface area contributed by atoms with E-state index in [9.17, 15) is 27.1 Å². The lowest BCUT2D eigenvalue weighted by atomic mass is 10.1. The van der Waals surface area contributed by atoms with E-state index in [4.69, 9.17) is 0 Å². The van der Waals surface area contributed by atoms with Crippen LogP contribution >= 0.6 is 0 Å². The van der Waals surface area contributed by atoms with Gasteiger partial charge in [0.05, 0.1) is 18.3 Å². The monoisotopic (exact) mass is 468 g/mol. The van der Waals surface area contributed by atoms with Crippen LogP contribution in [0.15, 0.2) is 48.5 Å². The van der Waals surface area contributed by atoms with Crippen molar-refractivity contribution in [2.75, 3.05) is 17.2 Å². The van der Waals surface area contributed by atoms with Crippen molar-refractivity contribution < 1.29 is 31.8 Å². The summed E-state index contributed by atoms with van der Waals surface area (Å²) in [5.74, 6) is -2.22. The maximum absolute atomic E-state index is 14.1. The number of rotatable bonds is 8. The standard InChI is InChI=1S/C22H21F5N4O2/c1-12(2)18(11-32)29-21-28-17(13-5-3-6-14(9-13)33-22(25,26)27)10-19(31-21)30-20-15(23)7-4-8-16(20)24/h3-10,12,18,32H,11H2,1-2H3,(H2,28,29,30,31)/t18-/m1/s1. The van der Waals surface area contributed by atoms with Crippen LogP contribution in [0.25, 0.3) is 11.3 Å². The number of hydrogen-bond acceptors (Lipinski definition) is 6. The number of nitrogens with one attached hydrogen (secondary N) is 2. The van der Waals surface area contributed by atoms with E-state index in [0.29, 0.717) is 0 Å². The second-order valence-electron chi connectivity index (χ2n) is 7.44. The molecule has 3 N–H and O–H groups in total. The zero-order valence-corrected chi connectivity index (χ0v) is 17.6. The van der Waals surface area contributed by atoms with Crippen LogP contribution in [0.3, 0.4) is 0 Å². The lowest BCUT2D eigenvalue weighted by Gasteiger charge is -2.21. The molecule has 1 atom stereocenters. The largest absolute Gasteiger partial charge is 0.573 e. The average molecular weight is 468 g/mol. The zero-order chi connectivity index (χ0) is 24.2. The van der Waals surface area contributed by atoms with Crippen molar-refractivity contribution in [2.45, 2.75) is 26.3 Å². The van der Waals surface area contributed by atoms with Gasteiger partial charge >= 0.3 is 6.36 Å². The van der Waals surface area contributed by atoms with Crippen molar-refractivity contribution in [2.24, 2.45) is 5.92 Å². The molecule has 0 unspecified atom stereocenters. The van der Waals surface area contributed by atoms with Gasteiger partial charge in [-0.25, -0.2) is 13.8 Å². The highest BCUT2D eigenvalue weighted by Crippen LogP contribution is 2.30. The van der Waals surface area contributed by atoms with Crippen molar-refractivity contribution >= 4 is 17.5 Å². The first-order valence-corrected chi connectivity index (χ1v) is 9.89. The Balaban J connectivity index is 2.05. The number of benzene rings is 2. The van der Waals surface area contributed by atoms with Crippen LogP contribution in [0, 0.1) is 17.6 Å². The number of aliphatic hydroxyl groups excluding tert-OH is 1. The summed E-state index contributed by atoms with van der Waals surface area (Å²) in [6, 6.07) is 9.30. The summed E-state index contributed by atoms with van der Waals surface area (Å²) >= 11 is 0. The molecule has 0 saturated heterocycles. The van der Waals surface area contributed by atoms with E-state index in [1.54, 1.807) is 0 Å². The van der Waals surface area contributed by atoms with Crippen LogP contribution in [-0.4, -0.2) is 34.1 Å². The summed E-state index contributed by atoms with van der Waals surface area (Å²) in [6.07, 6.45) is -4.88. The first-order valence-electron chi connectivity index (χ1n) is 9.89. The van der Waals surface area contributed by atoms with Gasteiger partial charge in [-0.15, -0.1) is 13.2 Å². The van der Waals surface area contributed by atoms with E-state index in [-0.39, 0.29) is 35.5 Å². The molecule has 1 aromatic heterocycles. The average Bonchev–Trinajstić information content (AvgIpc) is 2.73. The van der Waals surface area contributed by atoms with Crippen molar-refractivity contribution in [1.29, 1.82) is 0 Å². The summed E-state index contributed by atoms with van der Waals surface area (Å²) in [5.41, 5.74) is -0.0611. The minimum Gasteiger partial charge on any atom is -0.406 e. The molecule has 0 aliphatic heterocycles. The highest BCUT2D eigenvalue weighted by atomic mass is 19.4. The number of alkyl halides is 3. The summed E-state index contributed by atoms with van der Waals surface area (Å²) in [6.45, 7) is 3.46. The van der Waals surface area contributed by atoms with Gasteiger partial charge in [0, 0.05) is 11.6 Å². The molecule has 0 aliphatic rings. The Morgan fingerprint density at radius 2 is 1.67 bits per heavy atom. The maximum atomic E-state index is 14.1. The summed E-state index contributed by atoms with van der Waals surface area (Å²) in [4.78, 5) is 8.50. The van der Waals surface area contributed by atoms with Gasteiger partial charge in [-0.3, -0.25) is 0 Å². The van der Waals surface area contributed by atoms with Crippen molar-refractivity contribution in [1.82, 2.24) is 9.97 Å². The molecule has 2 aromatic carbocycles. The highest BCUT2D eigenvalue weighted by Gasteiger charge is 2.31. The quantitative estimate of drug-likeness (QED) is 0.380. The Morgan fingerprint density at radius 3 is 2.27 bits per heavy atom. The predicted molar refractivity (Wildman–Crippen MR) is 113 cm³/mol. The van der Waals surface area contributed by atoms with E-state index in [0.717, 1.165) is 24.3 Å². The fourth-order valence-corrected chi connectivity index (χ4v) is 2.91. The fourth-order valence-electron chi connectivity index (χ4n) is 2.91. The number of para-hydroxylation sites is 1. The molecular weight excluding hydrogens is 447 g/mol. The van der Waals surface area contributed by atoms with Crippen molar-refractivity contribution in [3.8, 4) is 17.0 Å². The van der Waals surface area contributed by atoms with E-state index in [2.05, 4.69) is 25.3 Å². The van der Waals surface area contributed by atoms with E-state index in [1.165, 1.54) is 24.3 Å². The summed E-state index contributed by atoms with van der Waals surface area (Å²) < 4.78 is 70.1.